The Bertz CT molecular complexity index is 555. The first-order valence-electron chi connectivity index (χ1n) is 6.34. The number of anilines is 1. The Morgan fingerprint density at radius 1 is 1.28 bits per heavy atom. The molecule has 0 radical (unpaired) electrons. The summed E-state index contributed by atoms with van der Waals surface area (Å²) < 4.78 is 2.13. The first-order chi connectivity index (χ1) is 8.77. The third kappa shape index (κ3) is 1.95. The summed E-state index contributed by atoms with van der Waals surface area (Å²) in [7, 11) is 2.05. The number of aryl methyl sites for hydroxylation is 1. The molecule has 0 aliphatic carbocycles. The number of fused-ring (bicyclic) bond motifs is 1. The van der Waals surface area contributed by atoms with Crippen LogP contribution >= 0.6 is 11.6 Å². The van der Waals surface area contributed by atoms with Crippen LogP contribution in [-0.2, 0) is 7.05 Å². The maximum Gasteiger partial charge on any atom is 0.206 e. The second-order valence-corrected chi connectivity index (χ2v) is 5.08. The lowest BCUT2D eigenvalue weighted by Gasteiger charge is -2.20. The fourth-order valence-corrected chi connectivity index (χ4v) is 2.71. The third-order valence-corrected chi connectivity index (χ3v) is 3.77. The van der Waals surface area contributed by atoms with Gasteiger partial charge in [0.25, 0.3) is 0 Å². The Labute approximate surface area is 112 Å². The average Bonchev–Trinajstić information content (AvgIpc) is 2.57. The summed E-state index contributed by atoms with van der Waals surface area (Å²) in [5.41, 5.74) is 1.99. The molecule has 5 heteroatoms. The highest BCUT2D eigenvalue weighted by atomic mass is 35.5. The van der Waals surface area contributed by atoms with E-state index >= 15 is 0 Å². The summed E-state index contributed by atoms with van der Waals surface area (Å²) in [5, 5.41) is 4.13. The maximum absolute atomic E-state index is 6.21. The molecule has 0 spiro atoms. The zero-order valence-electron chi connectivity index (χ0n) is 10.5. The summed E-state index contributed by atoms with van der Waals surface area (Å²) in [5.74, 6) is 1.02. The Morgan fingerprint density at radius 3 is 3.00 bits per heavy atom. The number of rotatable bonds is 1. The molecule has 1 aliphatic heterocycles. The number of para-hydroxylation sites is 1. The number of halogens is 1. The van der Waals surface area contributed by atoms with Crippen molar-refractivity contribution in [3.05, 3.63) is 23.2 Å². The van der Waals surface area contributed by atoms with E-state index in [1.807, 2.05) is 12.1 Å². The first-order valence-corrected chi connectivity index (χ1v) is 6.72. The van der Waals surface area contributed by atoms with Gasteiger partial charge >= 0.3 is 0 Å². The Morgan fingerprint density at radius 2 is 2.17 bits per heavy atom. The minimum absolute atomic E-state index is 0.724. The van der Waals surface area contributed by atoms with Crippen LogP contribution in [0, 0.1) is 0 Å². The van der Waals surface area contributed by atoms with E-state index in [0.717, 1.165) is 54.6 Å². The van der Waals surface area contributed by atoms with E-state index in [1.165, 1.54) is 0 Å². The fourth-order valence-electron chi connectivity index (χ4n) is 2.50. The molecule has 1 N–H and O–H groups in total. The van der Waals surface area contributed by atoms with Crippen LogP contribution in [0.1, 0.15) is 6.42 Å². The van der Waals surface area contributed by atoms with Crippen LogP contribution in [0.15, 0.2) is 18.2 Å². The van der Waals surface area contributed by atoms with Crippen molar-refractivity contribution in [2.75, 3.05) is 31.1 Å². The number of hydrogen-bond acceptors (Lipinski definition) is 3. The predicted molar refractivity (Wildman–Crippen MR) is 75.4 cm³/mol. The van der Waals surface area contributed by atoms with E-state index in [2.05, 4.69) is 27.9 Å². The molecule has 3 rings (SSSR count). The Kier molecular flexibility index (Phi) is 3.14. The smallest absolute Gasteiger partial charge is 0.206 e. The minimum Gasteiger partial charge on any atom is -0.341 e. The lowest BCUT2D eigenvalue weighted by Crippen LogP contribution is -2.29. The van der Waals surface area contributed by atoms with Crippen molar-refractivity contribution in [2.24, 2.45) is 7.05 Å². The van der Waals surface area contributed by atoms with Gasteiger partial charge in [-0.05, 0) is 25.1 Å². The molecule has 96 valence electrons. The number of benzene rings is 1. The molecule has 0 amide bonds. The second kappa shape index (κ2) is 4.78. The fraction of sp³-hybridized carbons (Fsp3) is 0.462. The van der Waals surface area contributed by atoms with Crippen molar-refractivity contribution in [3.8, 4) is 0 Å². The molecule has 1 aromatic heterocycles. The van der Waals surface area contributed by atoms with Crippen molar-refractivity contribution >= 4 is 28.6 Å². The lowest BCUT2D eigenvalue weighted by molar-refractivity contribution is 0.724. The van der Waals surface area contributed by atoms with Gasteiger partial charge in [-0.3, -0.25) is 0 Å². The van der Waals surface area contributed by atoms with E-state index in [1.54, 1.807) is 0 Å². The van der Waals surface area contributed by atoms with Crippen molar-refractivity contribution in [3.63, 3.8) is 0 Å². The minimum atomic E-state index is 0.724. The molecule has 4 nitrogen and oxygen atoms in total. The molecule has 0 bridgehead atoms. The summed E-state index contributed by atoms with van der Waals surface area (Å²) in [6, 6.07) is 5.93. The van der Waals surface area contributed by atoms with Crippen LogP contribution < -0.4 is 10.2 Å². The highest BCUT2D eigenvalue weighted by Crippen LogP contribution is 2.27. The standard InChI is InChI=1S/C13H17ClN4/c1-17-11-5-2-4-10(14)12(11)16-13(17)18-8-3-6-15-7-9-18/h2,4-5,15H,3,6-9H2,1H3. The Hall–Kier alpha value is -1.26. The monoisotopic (exact) mass is 264 g/mol. The highest BCUT2D eigenvalue weighted by molar-refractivity contribution is 6.35. The molecular formula is C13H17ClN4. The van der Waals surface area contributed by atoms with E-state index in [4.69, 9.17) is 16.6 Å². The molecular weight excluding hydrogens is 248 g/mol. The number of nitrogens with one attached hydrogen (secondary N) is 1. The van der Waals surface area contributed by atoms with Crippen molar-refractivity contribution < 1.29 is 0 Å². The Balaban J connectivity index is 2.06. The van der Waals surface area contributed by atoms with Crippen LogP contribution in [0.5, 0.6) is 0 Å². The lowest BCUT2D eigenvalue weighted by atomic mass is 10.3. The molecule has 18 heavy (non-hydrogen) atoms. The van der Waals surface area contributed by atoms with Gasteiger partial charge in [0.05, 0.1) is 10.5 Å². The normalized spacial score (nSPS) is 17.1. The first kappa shape index (κ1) is 11.8. The molecule has 1 fully saturated rings. The summed E-state index contributed by atoms with van der Waals surface area (Å²) in [4.78, 5) is 7.04. The van der Waals surface area contributed by atoms with Gasteiger partial charge < -0.3 is 14.8 Å². The van der Waals surface area contributed by atoms with Crippen LogP contribution in [-0.4, -0.2) is 35.7 Å². The molecule has 1 aromatic carbocycles. The SMILES string of the molecule is Cn1c(N2CCCNCC2)nc2c(Cl)cccc21. The molecule has 1 saturated heterocycles. The highest BCUT2D eigenvalue weighted by Gasteiger charge is 2.17. The van der Waals surface area contributed by atoms with Gasteiger partial charge in [-0.25, -0.2) is 4.98 Å². The predicted octanol–water partition coefficient (Wildman–Crippen LogP) is 2.03. The largest absolute Gasteiger partial charge is 0.341 e. The van der Waals surface area contributed by atoms with Crippen molar-refractivity contribution in [2.45, 2.75) is 6.42 Å². The van der Waals surface area contributed by atoms with Gasteiger partial charge in [0.1, 0.15) is 5.52 Å². The molecule has 0 unspecified atom stereocenters. The third-order valence-electron chi connectivity index (χ3n) is 3.46. The zero-order valence-corrected chi connectivity index (χ0v) is 11.2. The number of aromatic nitrogens is 2. The molecule has 0 saturated carbocycles. The van der Waals surface area contributed by atoms with Crippen LogP contribution in [0.4, 0.5) is 5.95 Å². The van der Waals surface area contributed by atoms with Gasteiger partial charge in [0.15, 0.2) is 0 Å². The van der Waals surface area contributed by atoms with Crippen molar-refractivity contribution in [1.82, 2.24) is 14.9 Å². The van der Waals surface area contributed by atoms with E-state index in [0.29, 0.717) is 0 Å². The summed E-state index contributed by atoms with van der Waals surface area (Å²) in [6.07, 6.45) is 1.15. The van der Waals surface area contributed by atoms with Gasteiger partial charge in [0.2, 0.25) is 5.95 Å². The van der Waals surface area contributed by atoms with Crippen LogP contribution in [0.3, 0.4) is 0 Å². The van der Waals surface area contributed by atoms with E-state index < -0.39 is 0 Å². The molecule has 2 aromatic rings. The van der Waals surface area contributed by atoms with Crippen LogP contribution in [0.2, 0.25) is 5.02 Å². The molecule has 2 heterocycles. The maximum atomic E-state index is 6.21. The number of hydrogen-bond donors (Lipinski definition) is 1. The van der Waals surface area contributed by atoms with Gasteiger partial charge in [-0.2, -0.15) is 0 Å². The summed E-state index contributed by atoms with van der Waals surface area (Å²) in [6.45, 7) is 4.13. The second-order valence-electron chi connectivity index (χ2n) is 4.67. The molecule has 1 aliphatic rings. The van der Waals surface area contributed by atoms with E-state index in [9.17, 15) is 0 Å². The van der Waals surface area contributed by atoms with E-state index in [-0.39, 0.29) is 0 Å². The summed E-state index contributed by atoms with van der Waals surface area (Å²) >= 11 is 6.21. The average molecular weight is 265 g/mol. The van der Waals surface area contributed by atoms with Gasteiger partial charge in [-0.1, -0.05) is 17.7 Å². The molecule has 0 atom stereocenters. The van der Waals surface area contributed by atoms with Gasteiger partial charge in [0, 0.05) is 26.7 Å². The number of imidazole rings is 1. The van der Waals surface area contributed by atoms with Gasteiger partial charge in [-0.15, -0.1) is 0 Å². The topological polar surface area (TPSA) is 33.1 Å². The quantitative estimate of drug-likeness (QED) is 0.856. The zero-order chi connectivity index (χ0) is 12.5. The number of nitrogens with zero attached hydrogens (tertiary/aromatic N) is 3. The van der Waals surface area contributed by atoms with Crippen molar-refractivity contribution in [1.29, 1.82) is 0 Å². The van der Waals surface area contributed by atoms with Crippen LogP contribution in [0.25, 0.3) is 11.0 Å².